The largest absolute Gasteiger partial charge is 0.507 e. The number of phenols is 4. The maximum Gasteiger partial charge on any atom is 0.124 e. The second kappa shape index (κ2) is 12.1. The van der Waals surface area contributed by atoms with Crippen molar-refractivity contribution in [1.82, 2.24) is 0 Å². The molecule has 0 aromatic heterocycles. The Morgan fingerprint density at radius 2 is 0.643 bits per heavy atom. The monoisotopic (exact) mass is 722 g/mol. The van der Waals surface area contributed by atoms with E-state index in [9.17, 15) is 20.4 Å². The molecule has 0 saturated carbocycles. The van der Waals surface area contributed by atoms with Gasteiger partial charge in [0.1, 0.15) is 23.0 Å². The van der Waals surface area contributed by atoms with Crippen LogP contribution in [0.4, 0.5) is 0 Å². The Bertz CT molecular complexity index is 2930. The summed E-state index contributed by atoms with van der Waals surface area (Å²) in [5.74, 6) is -0.283. The third kappa shape index (κ3) is 4.93. The van der Waals surface area contributed by atoms with Gasteiger partial charge in [0, 0.05) is 22.3 Å². The van der Waals surface area contributed by atoms with Gasteiger partial charge in [0.2, 0.25) is 0 Å². The van der Waals surface area contributed by atoms with Gasteiger partial charge in [-0.25, -0.2) is 0 Å². The quantitative estimate of drug-likeness (QED) is 0.136. The summed E-state index contributed by atoms with van der Waals surface area (Å²) in [5, 5.41) is 48.9. The number of aromatic hydroxyl groups is 4. The first-order chi connectivity index (χ1) is 27.4. The Morgan fingerprint density at radius 3 is 1.11 bits per heavy atom. The van der Waals surface area contributed by atoms with E-state index in [1.807, 2.05) is 24.3 Å². The summed E-state index contributed by atoms with van der Waals surface area (Å²) >= 11 is 0. The van der Waals surface area contributed by atoms with Crippen molar-refractivity contribution in [2.24, 2.45) is 0 Å². The van der Waals surface area contributed by atoms with Gasteiger partial charge in [0.15, 0.2) is 0 Å². The third-order valence-corrected chi connectivity index (χ3v) is 11.9. The van der Waals surface area contributed by atoms with Crippen molar-refractivity contribution in [3.63, 3.8) is 0 Å². The number of phenolic OH excluding ortho intramolecular Hbond substituents is 4. The first-order valence-corrected chi connectivity index (χ1v) is 18.9. The van der Waals surface area contributed by atoms with Gasteiger partial charge in [-0.3, -0.25) is 0 Å². The molecule has 0 atom stereocenters. The molecule has 2 aliphatic carbocycles. The first kappa shape index (κ1) is 32.2. The van der Waals surface area contributed by atoms with Crippen LogP contribution in [0, 0.1) is 0 Å². The summed E-state index contributed by atoms with van der Waals surface area (Å²) in [7, 11) is 0. The van der Waals surface area contributed by atoms with Crippen molar-refractivity contribution in [3.8, 4) is 89.8 Å². The minimum absolute atomic E-state index is 0.0138. The average molecular weight is 723 g/mol. The highest BCUT2D eigenvalue weighted by Crippen LogP contribution is 2.48. The van der Waals surface area contributed by atoms with E-state index in [0.29, 0.717) is 11.1 Å². The maximum atomic E-state index is 11.4. The topological polar surface area (TPSA) is 80.9 Å². The molecule has 56 heavy (non-hydrogen) atoms. The maximum absolute atomic E-state index is 11.4. The van der Waals surface area contributed by atoms with E-state index in [-0.39, 0.29) is 34.1 Å². The fourth-order valence-electron chi connectivity index (χ4n) is 9.20. The molecule has 0 radical (unpaired) electrons. The van der Waals surface area contributed by atoms with E-state index in [4.69, 9.17) is 0 Å². The summed E-state index contributed by atoms with van der Waals surface area (Å²) in [5.41, 5.74) is 16.2. The number of benzene rings is 9. The number of hydrogen-bond acceptors (Lipinski definition) is 4. The minimum atomic E-state index is -0.128. The molecule has 9 aromatic carbocycles. The normalized spacial score (nSPS) is 12.4. The molecule has 4 heteroatoms. The lowest BCUT2D eigenvalue weighted by Gasteiger charge is -2.15. The van der Waals surface area contributed by atoms with Crippen LogP contribution in [0.1, 0.15) is 22.3 Å². The molecule has 266 valence electrons. The van der Waals surface area contributed by atoms with Crippen molar-refractivity contribution in [1.29, 1.82) is 0 Å². The van der Waals surface area contributed by atoms with Crippen LogP contribution in [0.25, 0.3) is 88.3 Å². The van der Waals surface area contributed by atoms with Crippen LogP contribution >= 0.6 is 0 Å². The molecule has 0 unspecified atom stereocenters. The van der Waals surface area contributed by atoms with Crippen LogP contribution in [0.5, 0.6) is 23.0 Å². The highest BCUT2D eigenvalue weighted by Gasteiger charge is 2.24. The van der Waals surface area contributed by atoms with Gasteiger partial charge < -0.3 is 20.4 Å². The minimum Gasteiger partial charge on any atom is -0.507 e. The van der Waals surface area contributed by atoms with E-state index < -0.39 is 0 Å². The van der Waals surface area contributed by atoms with E-state index >= 15 is 0 Å². The Kier molecular flexibility index (Phi) is 6.95. The van der Waals surface area contributed by atoms with Gasteiger partial charge in [-0.15, -0.1) is 0 Å². The second-order valence-corrected chi connectivity index (χ2v) is 15.1. The predicted molar refractivity (Wildman–Crippen MR) is 226 cm³/mol. The molecule has 4 nitrogen and oxygen atoms in total. The molecular weight excluding hydrogens is 689 g/mol. The second-order valence-electron chi connectivity index (χ2n) is 15.1. The number of hydrogen-bond donors (Lipinski definition) is 4. The zero-order valence-electron chi connectivity index (χ0n) is 30.2. The predicted octanol–water partition coefficient (Wildman–Crippen LogP) is 12.6. The Balaban J connectivity index is 0.919. The van der Waals surface area contributed by atoms with Crippen LogP contribution in [0.3, 0.4) is 0 Å². The smallest absolute Gasteiger partial charge is 0.124 e. The first-order valence-electron chi connectivity index (χ1n) is 18.9. The highest BCUT2D eigenvalue weighted by molar-refractivity contribution is 5.98. The van der Waals surface area contributed by atoms with E-state index in [0.717, 1.165) is 45.5 Å². The molecular formula is C52H34O4. The Morgan fingerprint density at radius 1 is 0.268 bits per heavy atom. The molecule has 0 fully saturated rings. The standard InChI is InChI=1S/C52H34O4/c53-49-25-35-19-33(39-11-5-13-41-37-9-3-1-7-31(37)23-43(39)41)17-15-29(35)21-45(49)47-27-52(56)48(28-51(47)55)46-22-30-16-18-34(20-36(30)26-50(46)54)40-12-6-14-42-38-10-4-2-8-32(38)24-44(40)42/h1-22,25-28,53-56H,23-24H2. The average Bonchev–Trinajstić information content (AvgIpc) is 3.80. The summed E-state index contributed by atoms with van der Waals surface area (Å²) in [6.45, 7) is 0. The molecule has 0 saturated heterocycles. The van der Waals surface area contributed by atoms with Gasteiger partial charge in [-0.05, 0) is 150 Å². The molecule has 11 rings (SSSR count). The zero-order chi connectivity index (χ0) is 37.7. The summed E-state index contributed by atoms with van der Waals surface area (Å²) < 4.78 is 0. The van der Waals surface area contributed by atoms with Gasteiger partial charge in [0.05, 0.1) is 0 Å². The SMILES string of the molecule is Oc1cc(-c2cc3ccc(-c4cccc5c4Cc4ccccc4-5)cc3cc2O)c(O)cc1-c1cc2ccc(-c3cccc4c3Cc3ccccc3-4)cc2cc1O. The Hall–Kier alpha value is -7.30. The van der Waals surface area contributed by atoms with E-state index in [2.05, 4.69) is 109 Å². The lowest BCUT2D eigenvalue weighted by Crippen LogP contribution is -1.90. The molecule has 0 amide bonds. The summed E-state index contributed by atoms with van der Waals surface area (Å²) in [6.07, 6.45) is 1.76. The third-order valence-electron chi connectivity index (χ3n) is 11.9. The van der Waals surface area contributed by atoms with Gasteiger partial charge in [-0.1, -0.05) is 109 Å². The van der Waals surface area contributed by atoms with Crippen molar-refractivity contribution in [3.05, 3.63) is 180 Å². The molecule has 0 spiro atoms. The summed E-state index contributed by atoms with van der Waals surface area (Å²) in [6, 6.07) is 52.4. The van der Waals surface area contributed by atoms with Crippen molar-refractivity contribution >= 4 is 21.5 Å². The molecule has 4 N–H and O–H groups in total. The zero-order valence-corrected chi connectivity index (χ0v) is 30.2. The highest BCUT2D eigenvalue weighted by atomic mass is 16.3. The van der Waals surface area contributed by atoms with Crippen molar-refractivity contribution < 1.29 is 20.4 Å². The molecule has 2 aliphatic rings. The van der Waals surface area contributed by atoms with Crippen LogP contribution in [-0.2, 0) is 12.8 Å². The van der Waals surface area contributed by atoms with E-state index in [1.165, 1.54) is 67.8 Å². The lowest BCUT2D eigenvalue weighted by molar-refractivity contribution is 0.458. The molecule has 0 heterocycles. The van der Waals surface area contributed by atoms with Crippen molar-refractivity contribution in [2.45, 2.75) is 12.8 Å². The summed E-state index contributed by atoms with van der Waals surface area (Å²) in [4.78, 5) is 0. The van der Waals surface area contributed by atoms with Crippen LogP contribution in [-0.4, -0.2) is 20.4 Å². The lowest BCUT2D eigenvalue weighted by atomic mass is 9.91. The van der Waals surface area contributed by atoms with E-state index in [1.54, 1.807) is 12.1 Å². The van der Waals surface area contributed by atoms with Crippen molar-refractivity contribution in [2.75, 3.05) is 0 Å². The van der Waals surface area contributed by atoms with Gasteiger partial charge in [0.25, 0.3) is 0 Å². The van der Waals surface area contributed by atoms with Gasteiger partial charge >= 0.3 is 0 Å². The van der Waals surface area contributed by atoms with Crippen LogP contribution < -0.4 is 0 Å². The Labute approximate surface area is 323 Å². The number of fused-ring (bicyclic) bond motifs is 8. The molecule has 0 aliphatic heterocycles. The fraction of sp³-hybridized carbons (Fsp3) is 0.0385. The molecule has 0 bridgehead atoms. The number of rotatable bonds is 4. The van der Waals surface area contributed by atoms with Gasteiger partial charge in [-0.2, -0.15) is 0 Å². The van der Waals surface area contributed by atoms with Crippen LogP contribution in [0.2, 0.25) is 0 Å². The molecule has 9 aromatic rings. The fourth-order valence-corrected chi connectivity index (χ4v) is 9.20. The van der Waals surface area contributed by atoms with Crippen LogP contribution in [0.15, 0.2) is 158 Å².